The zero-order valence-electron chi connectivity index (χ0n) is 24.6. The number of alkyl halides is 3. The van der Waals surface area contributed by atoms with E-state index in [1.54, 1.807) is 63.4 Å². The minimum Gasteiger partial charge on any atom is -0.432 e. The molecule has 0 saturated carbocycles. The number of hydrogen-bond acceptors (Lipinski definition) is 6. The van der Waals surface area contributed by atoms with Crippen LogP contribution in [0.5, 0.6) is 0 Å². The highest BCUT2D eigenvalue weighted by molar-refractivity contribution is 6.07. The summed E-state index contributed by atoms with van der Waals surface area (Å²) >= 11 is 0. The number of anilines is 3. The number of oxazole rings is 1. The first-order valence-corrected chi connectivity index (χ1v) is 13.6. The Hall–Kier alpha value is -4.80. The molecule has 0 spiro atoms. The molecule has 1 aromatic heterocycles. The summed E-state index contributed by atoms with van der Waals surface area (Å²) in [5, 5.41) is 5.77. The summed E-state index contributed by atoms with van der Waals surface area (Å²) < 4.78 is 58.4. The lowest BCUT2D eigenvalue weighted by molar-refractivity contribution is -0.156. The lowest BCUT2D eigenvalue weighted by Crippen LogP contribution is -2.14. The van der Waals surface area contributed by atoms with E-state index in [1.165, 1.54) is 12.1 Å². The van der Waals surface area contributed by atoms with Crippen molar-refractivity contribution in [2.24, 2.45) is 10.9 Å². The van der Waals surface area contributed by atoms with E-state index in [2.05, 4.69) is 20.6 Å². The summed E-state index contributed by atoms with van der Waals surface area (Å²) in [6, 6.07) is 14.5. The summed E-state index contributed by atoms with van der Waals surface area (Å²) in [5.41, 5.74) is 2.66. The van der Waals surface area contributed by atoms with Gasteiger partial charge >= 0.3 is 12.1 Å². The topological polar surface area (TPSA) is 96.6 Å². The lowest BCUT2D eigenvalue weighted by atomic mass is 9.99. The van der Waals surface area contributed by atoms with Gasteiger partial charge in [0, 0.05) is 41.7 Å². The van der Waals surface area contributed by atoms with Crippen LogP contribution in [0.2, 0.25) is 0 Å². The molecule has 1 amide bonds. The van der Waals surface area contributed by atoms with Crippen LogP contribution in [0.4, 0.5) is 40.3 Å². The SMILES string of the molecule is CC.CC=Nc1ccc(Nc2cc(NC(=O)c3nc(C(F)(F)F)oc3-c3ccc(F)cc3)ccc2C)cc1C(=O)C(C)C.[HH]. The quantitative estimate of drug-likeness (QED) is 0.120. The third kappa shape index (κ3) is 7.94. The molecule has 0 atom stereocenters. The van der Waals surface area contributed by atoms with Crippen molar-refractivity contribution < 1.29 is 33.0 Å². The van der Waals surface area contributed by atoms with E-state index in [9.17, 15) is 27.2 Å². The molecule has 0 aliphatic rings. The van der Waals surface area contributed by atoms with Gasteiger partial charge in [0.05, 0.1) is 5.69 Å². The monoisotopic (exact) mass is 598 g/mol. The van der Waals surface area contributed by atoms with Gasteiger partial charge in [-0.15, -0.1) is 0 Å². The second-order valence-electron chi connectivity index (χ2n) is 9.45. The van der Waals surface area contributed by atoms with Gasteiger partial charge in [-0.25, -0.2) is 4.39 Å². The number of hydrogen-bond donors (Lipinski definition) is 2. The fourth-order valence-electron chi connectivity index (χ4n) is 3.95. The van der Waals surface area contributed by atoms with E-state index in [1.807, 2.05) is 20.8 Å². The molecule has 1 heterocycles. The number of aromatic nitrogens is 1. The molecule has 4 rings (SSSR count). The van der Waals surface area contributed by atoms with Crippen LogP contribution < -0.4 is 10.6 Å². The van der Waals surface area contributed by atoms with Crippen LogP contribution in [-0.2, 0) is 6.18 Å². The highest BCUT2D eigenvalue weighted by Crippen LogP contribution is 2.35. The van der Waals surface area contributed by atoms with Crippen LogP contribution >= 0.6 is 0 Å². The summed E-state index contributed by atoms with van der Waals surface area (Å²) in [6.07, 6.45) is -3.34. The molecule has 7 nitrogen and oxygen atoms in total. The van der Waals surface area contributed by atoms with Crippen molar-refractivity contribution in [2.75, 3.05) is 10.6 Å². The molecule has 2 N–H and O–H groups in total. The summed E-state index contributed by atoms with van der Waals surface area (Å²) in [6.45, 7) is 11.2. The first kappa shape index (κ1) is 32.7. The molecule has 3 aromatic carbocycles. The van der Waals surface area contributed by atoms with E-state index in [4.69, 9.17) is 4.42 Å². The average molecular weight is 599 g/mol. The highest BCUT2D eigenvalue weighted by atomic mass is 19.4. The molecule has 0 radical (unpaired) electrons. The number of nitrogens with one attached hydrogen (secondary N) is 2. The van der Waals surface area contributed by atoms with Gasteiger partial charge in [0.15, 0.2) is 17.2 Å². The average Bonchev–Trinajstić information content (AvgIpc) is 3.43. The van der Waals surface area contributed by atoms with Gasteiger partial charge in [0.1, 0.15) is 5.82 Å². The van der Waals surface area contributed by atoms with Gasteiger partial charge in [-0.1, -0.05) is 33.8 Å². The molecule has 0 aliphatic heterocycles. The van der Waals surface area contributed by atoms with Crippen molar-refractivity contribution in [1.82, 2.24) is 4.98 Å². The number of ketones is 1. The number of Topliss-reactive ketones (excluding diaryl/α,β-unsaturated/α-hetero) is 1. The Morgan fingerprint density at radius 3 is 2.26 bits per heavy atom. The van der Waals surface area contributed by atoms with Crippen molar-refractivity contribution in [3.63, 3.8) is 0 Å². The predicted molar refractivity (Wildman–Crippen MR) is 162 cm³/mol. The molecular formula is C32H34F4N4O3. The second-order valence-corrected chi connectivity index (χ2v) is 9.45. The van der Waals surface area contributed by atoms with Crippen LogP contribution in [0.25, 0.3) is 11.3 Å². The molecule has 0 saturated heterocycles. The first-order chi connectivity index (χ1) is 20.4. The molecule has 4 aromatic rings. The molecule has 0 fully saturated rings. The third-order valence-corrected chi connectivity index (χ3v) is 6.02. The third-order valence-electron chi connectivity index (χ3n) is 6.02. The fraction of sp³-hybridized carbons (Fsp3) is 0.250. The zero-order valence-corrected chi connectivity index (χ0v) is 24.6. The Morgan fingerprint density at radius 1 is 1.00 bits per heavy atom. The van der Waals surface area contributed by atoms with Crippen molar-refractivity contribution in [1.29, 1.82) is 0 Å². The predicted octanol–water partition coefficient (Wildman–Crippen LogP) is 9.64. The van der Waals surface area contributed by atoms with Crippen LogP contribution in [0.15, 0.2) is 70.1 Å². The number of rotatable bonds is 8. The Kier molecular flexibility index (Phi) is 10.6. The van der Waals surface area contributed by atoms with Gasteiger partial charge in [0.2, 0.25) is 0 Å². The van der Waals surface area contributed by atoms with Gasteiger partial charge < -0.3 is 15.1 Å². The molecule has 11 heteroatoms. The van der Waals surface area contributed by atoms with Crippen LogP contribution in [0.3, 0.4) is 0 Å². The summed E-state index contributed by atoms with van der Waals surface area (Å²) in [5.74, 6) is -3.93. The van der Waals surface area contributed by atoms with Crippen LogP contribution in [-0.4, -0.2) is 22.9 Å². The van der Waals surface area contributed by atoms with Crippen molar-refractivity contribution in [3.8, 4) is 11.3 Å². The van der Waals surface area contributed by atoms with Crippen molar-refractivity contribution in [2.45, 2.75) is 47.7 Å². The lowest BCUT2D eigenvalue weighted by Gasteiger charge is -2.15. The summed E-state index contributed by atoms with van der Waals surface area (Å²) in [4.78, 5) is 33.6. The molecule has 0 aliphatic carbocycles. The van der Waals surface area contributed by atoms with E-state index in [-0.39, 0.29) is 24.4 Å². The largest absolute Gasteiger partial charge is 0.468 e. The number of nitrogens with zero attached hydrogens (tertiary/aromatic N) is 2. The van der Waals surface area contributed by atoms with Crippen LogP contribution in [0.1, 0.15) is 68.3 Å². The minimum atomic E-state index is -4.94. The van der Waals surface area contributed by atoms with E-state index in [0.29, 0.717) is 22.6 Å². The normalized spacial score (nSPS) is 11.3. The number of aryl methyl sites for hydroxylation is 1. The van der Waals surface area contributed by atoms with E-state index in [0.717, 1.165) is 17.7 Å². The fourth-order valence-corrected chi connectivity index (χ4v) is 3.95. The number of benzene rings is 3. The van der Waals surface area contributed by atoms with E-state index < -0.39 is 35.2 Å². The molecular weight excluding hydrogens is 564 g/mol. The zero-order chi connectivity index (χ0) is 31.9. The Labute approximate surface area is 248 Å². The summed E-state index contributed by atoms with van der Waals surface area (Å²) in [7, 11) is 0. The van der Waals surface area contributed by atoms with Gasteiger partial charge in [-0.05, 0) is 74.0 Å². The van der Waals surface area contributed by atoms with Gasteiger partial charge in [-0.2, -0.15) is 18.2 Å². The Morgan fingerprint density at radius 2 is 1.65 bits per heavy atom. The number of amides is 1. The van der Waals surface area contributed by atoms with Gasteiger partial charge in [0.25, 0.3) is 5.91 Å². The van der Waals surface area contributed by atoms with Crippen molar-refractivity contribution in [3.05, 3.63) is 89.2 Å². The highest BCUT2D eigenvalue weighted by Gasteiger charge is 2.40. The maximum absolute atomic E-state index is 13.4. The number of carbonyl (C=O) groups is 2. The van der Waals surface area contributed by atoms with Crippen LogP contribution in [0, 0.1) is 18.7 Å². The molecule has 0 unspecified atom stereocenters. The molecule has 0 bridgehead atoms. The first-order valence-electron chi connectivity index (χ1n) is 13.6. The van der Waals surface area contributed by atoms with Gasteiger partial charge in [-0.3, -0.25) is 14.6 Å². The second kappa shape index (κ2) is 13.9. The number of aliphatic imine (C=N–C) groups is 1. The van der Waals surface area contributed by atoms with E-state index >= 15 is 0 Å². The smallest absolute Gasteiger partial charge is 0.432 e. The Bertz CT molecular complexity index is 1630. The molecule has 228 valence electrons. The minimum absolute atomic E-state index is 0. The maximum atomic E-state index is 13.4. The maximum Gasteiger partial charge on any atom is 0.468 e. The van der Waals surface area contributed by atoms with Crippen molar-refractivity contribution >= 4 is 40.7 Å². The standard InChI is InChI=1S/C30H26F4N4O3.C2H6.H2/c1-5-35-23-13-12-20(14-22(23)26(39)16(2)3)36-24-15-21(11-6-17(24)4)37-28(40)25-27(18-7-9-19(31)10-8-18)41-29(38-25)30(32,33)34;1-2;/h5-16,36H,1-4H3,(H,37,40);1-2H3;1H. The number of carbonyl (C=O) groups excluding carboxylic acids is 2. The molecule has 43 heavy (non-hydrogen) atoms. The number of halogens is 4. The Balaban J connectivity index is 0.00000220.